The lowest BCUT2D eigenvalue weighted by Crippen LogP contribution is -2.65. The van der Waals surface area contributed by atoms with Crippen molar-refractivity contribution in [2.45, 2.75) is 254 Å². The fraction of sp³-hybridized carbons (Fsp3) is 0.529. The van der Waals surface area contributed by atoms with Crippen molar-refractivity contribution < 1.29 is 91.4 Å². The number of aliphatic hydroxyl groups excluding tert-OH is 1. The van der Waals surface area contributed by atoms with Crippen LogP contribution in [-0.2, 0) is 101 Å². The number of amides is 17. The standard InChI is InChI=1S/C87H126N20O19S2/c1-48-20-19-23-59-57(47-96-70(48)59)30-33-62-76(117)98-60(24-13-17-38-93-50(3)109)77(118)106-73(86(8,9)128-127-85(6,7)72(97-52(5)111)82(123)103-66(46-69(92)114)79(120)105-71(49(2)108)81(122)99-62)83(124)102-63(43-53-27-31-58(32-28-53)126-41-37-89)78(119)100-64(44-54-26-29-55-21-11-12-22-56(55)42-54)80(121)107-87(10,35-15-16-36-88)84(125)104-61(25-14-18-39-94-51(4)110)75(116)101-65(45-68(91)113)74(115)95-40-34-67(90)112/h11-12,19-23,26-29,31-32,42,47,49,60-66,71-73,96,108H,13-18,24-25,30,33-41,43-46,88-89H2,1-10H3,(H2,90,112)(H2,91,113)(H2,92,114)(H,93,109)(H,94,110)(H,95,115)(H,97,111)(H,98,117)(H,99,122)(H,100,119)(H,101,116)(H,102,124)(H,103,123)(H,104,125)(H,105,120)(H,106,118)(H,107,121)/t49-,60+,61+,62+,63+,64+,65+,66+,71+,72-,73-,87+/m1/s1. The minimum Gasteiger partial charge on any atom is -0.492 e. The number of aliphatic hydroxyl groups is 1. The summed E-state index contributed by atoms with van der Waals surface area (Å²) in [6.07, 6.45) is -1.94. The number of aryl methyl sites for hydroxylation is 2. The largest absolute Gasteiger partial charge is 0.492 e. The molecule has 39 nitrogen and oxygen atoms in total. The first-order valence-electron chi connectivity index (χ1n) is 42.6. The van der Waals surface area contributed by atoms with E-state index in [1.807, 2.05) is 43.3 Å². The average Bonchev–Trinajstić information content (AvgIpc) is 1.36. The van der Waals surface area contributed by atoms with Crippen LogP contribution < -0.4 is 108 Å². The molecule has 1 aliphatic heterocycles. The Morgan fingerprint density at radius 1 is 0.555 bits per heavy atom. The Morgan fingerprint density at radius 3 is 1.78 bits per heavy atom. The van der Waals surface area contributed by atoms with Crippen molar-refractivity contribution in [2.24, 2.45) is 28.7 Å². The summed E-state index contributed by atoms with van der Waals surface area (Å²) >= 11 is 0. The molecule has 1 saturated heterocycles. The summed E-state index contributed by atoms with van der Waals surface area (Å²) in [5, 5.41) is 51.0. The second-order valence-corrected chi connectivity index (χ2v) is 36.6. The van der Waals surface area contributed by atoms with Crippen LogP contribution in [0.1, 0.15) is 168 Å². The Balaban J connectivity index is 1.53. The molecular weight excluding hydrogens is 1690 g/mol. The maximum atomic E-state index is 16.3. The zero-order chi connectivity index (χ0) is 94.8. The van der Waals surface area contributed by atoms with E-state index >= 15 is 28.8 Å². The zero-order valence-electron chi connectivity index (χ0n) is 74.1. The molecule has 41 heteroatoms. The second kappa shape index (κ2) is 50.6. The Hall–Kier alpha value is -11.9. The maximum Gasteiger partial charge on any atom is 0.246 e. The number of primary amides is 3. The highest BCUT2D eigenvalue weighted by Gasteiger charge is 2.47. The van der Waals surface area contributed by atoms with Gasteiger partial charge in [-0.3, -0.25) is 81.5 Å². The van der Waals surface area contributed by atoms with Crippen LogP contribution in [0.5, 0.6) is 5.75 Å². The first-order chi connectivity index (χ1) is 60.4. The van der Waals surface area contributed by atoms with Crippen LogP contribution in [0.25, 0.3) is 21.7 Å². The molecule has 6 rings (SSSR count). The molecule has 12 atom stereocenters. The second-order valence-electron chi connectivity index (χ2n) is 33.2. The molecule has 4 aromatic carbocycles. The van der Waals surface area contributed by atoms with E-state index in [1.165, 1.54) is 48.5 Å². The van der Waals surface area contributed by atoms with E-state index in [0.29, 0.717) is 28.9 Å². The van der Waals surface area contributed by atoms with Gasteiger partial charge in [0.05, 0.1) is 18.9 Å². The van der Waals surface area contributed by atoms with E-state index in [1.54, 1.807) is 54.7 Å². The number of aromatic nitrogens is 1. The van der Waals surface area contributed by atoms with E-state index in [2.05, 4.69) is 79.4 Å². The molecule has 2 heterocycles. The Kier molecular flexibility index (Phi) is 41.4. The predicted octanol–water partition coefficient (Wildman–Crippen LogP) is -1.05. The van der Waals surface area contributed by atoms with Gasteiger partial charge >= 0.3 is 0 Å². The molecule has 17 amide bonds. The van der Waals surface area contributed by atoms with Crippen molar-refractivity contribution in [3.05, 3.63) is 113 Å². The van der Waals surface area contributed by atoms with E-state index < -0.39 is 183 Å². The number of H-pyrrole nitrogens is 1. The van der Waals surface area contributed by atoms with Gasteiger partial charge in [0.25, 0.3) is 0 Å². The van der Waals surface area contributed by atoms with E-state index in [4.69, 9.17) is 33.4 Å². The summed E-state index contributed by atoms with van der Waals surface area (Å²) in [5.41, 5.74) is 29.5. The number of hydrogen-bond acceptors (Lipinski definition) is 23. The van der Waals surface area contributed by atoms with Gasteiger partial charge in [-0.1, -0.05) is 94.4 Å². The van der Waals surface area contributed by atoms with Gasteiger partial charge in [-0.15, -0.1) is 0 Å². The third-order valence-corrected chi connectivity index (χ3v) is 25.6. The predicted molar refractivity (Wildman–Crippen MR) is 483 cm³/mol. The van der Waals surface area contributed by atoms with Crippen LogP contribution in [0, 0.1) is 6.92 Å². The maximum absolute atomic E-state index is 16.3. The fourth-order valence-corrected chi connectivity index (χ4v) is 17.0. The first kappa shape index (κ1) is 105. The number of ether oxygens (including phenoxy) is 1. The van der Waals surface area contributed by atoms with Crippen LogP contribution in [0.3, 0.4) is 0 Å². The number of aromatic amines is 1. The van der Waals surface area contributed by atoms with Gasteiger partial charge in [0.2, 0.25) is 100 Å². The number of hydrogen-bond donors (Lipinski definition) is 21. The number of para-hydroxylation sites is 1. The average molecular weight is 1820 g/mol. The Morgan fingerprint density at radius 2 is 1.15 bits per heavy atom. The molecular formula is C87H126N20O19S2. The van der Waals surface area contributed by atoms with Gasteiger partial charge in [0, 0.05) is 92.8 Å². The molecule has 0 spiro atoms. The number of nitrogens with one attached hydrogen (secondary N) is 15. The van der Waals surface area contributed by atoms with Crippen LogP contribution in [0.2, 0.25) is 0 Å². The van der Waals surface area contributed by atoms with Crippen molar-refractivity contribution in [3.63, 3.8) is 0 Å². The van der Waals surface area contributed by atoms with E-state index in [9.17, 15) is 57.8 Å². The minimum absolute atomic E-state index is 0.0800. The molecule has 1 fully saturated rings. The summed E-state index contributed by atoms with van der Waals surface area (Å²) in [7, 11) is 1.82. The summed E-state index contributed by atoms with van der Waals surface area (Å²) < 4.78 is 2.59. The lowest BCUT2D eigenvalue weighted by molar-refractivity contribution is -0.138. The monoisotopic (exact) mass is 1820 g/mol. The molecule has 0 bridgehead atoms. The molecule has 700 valence electrons. The van der Waals surface area contributed by atoms with Crippen LogP contribution in [-0.4, -0.2) is 231 Å². The van der Waals surface area contributed by atoms with Crippen molar-refractivity contribution in [3.8, 4) is 5.75 Å². The van der Waals surface area contributed by atoms with Gasteiger partial charge in [-0.25, -0.2) is 0 Å². The molecule has 0 saturated carbocycles. The smallest absolute Gasteiger partial charge is 0.246 e. The summed E-state index contributed by atoms with van der Waals surface area (Å²) in [6.45, 7) is 14.7. The zero-order valence-corrected chi connectivity index (χ0v) is 75.7. The number of fused-ring (bicyclic) bond motifs is 2. The van der Waals surface area contributed by atoms with Crippen molar-refractivity contribution in [2.75, 3.05) is 39.3 Å². The number of unbranched alkanes of at least 4 members (excludes halogenated alkanes) is 3. The van der Waals surface area contributed by atoms with Crippen molar-refractivity contribution >= 4 is 144 Å². The van der Waals surface area contributed by atoms with Gasteiger partial charge < -0.3 is 118 Å². The normalized spacial score (nSPS) is 19.1. The molecule has 0 aliphatic carbocycles. The molecule has 26 N–H and O–H groups in total. The molecule has 1 aliphatic rings. The highest BCUT2D eigenvalue weighted by atomic mass is 33.1. The fourth-order valence-electron chi connectivity index (χ4n) is 14.2. The van der Waals surface area contributed by atoms with E-state index in [0.717, 1.165) is 62.7 Å². The van der Waals surface area contributed by atoms with Gasteiger partial charge in [0.15, 0.2) is 0 Å². The lowest BCUT2D eigenvalue weighted by Gasteiger charge is -2.39. The van der Waals surface area contributed by atoms with Gasteiger partial charge in [0.1, 0.15) is 78.3 Å². The van der Waals surface area contributed by atoms with Gasteiger partial charge in [-0.05, 0) is 171 Å². The number of rotatable bonds is 44. The first-order valence-corrected chi connectivity index (χ1v) is 44.7. The molecule has 128 heavy (non-hydrogen) atoms. The molecule has 1 aromatic heterocycles. The topological polar surface area (TPSA) is 634 Å². The van der Waals surface area contributed by atoms with Crippen molar-refractivity contribution in [1.29, 1.82) is 0 Å². The van der Waals surface area contributed by atoms with Crippen LogP contribution >= 0.6 is 21.6 Å². The summed E-state index contributed by atoms with van der Waals surface area (Å²) in [4.78, 5) is 245. The number of benzene rings is 4. The number of nitrogens with two attached hydrogens (primary N) is 5. The van der Waals surface area contributed by atoms with E-state index in [-0.39, 0.29) is 135 Å². The Labute approximate surface area is 751 Å². The lowest BCUT2D eigenvalue weighted by atomic mass is 9.91. The minimum atomic E-state index is -2.00. The molecule has 0 radical (unpaired) electrons. The molecule has 0 unspecified atom stereocenters. The van der Waals surface area contributed by atoms with Crippen LogP contribution in [0.15, 0.2) is 91.1 Å². The van der Waals surface area contributed by atoms with Crippen LogP contribution in [0.4, 0.5) is 0 Å². The Bertz CT molecular complexity index is 4760. The summed E-state index contributed by atoms with van der Waals surface area (Å²) in [5.74, 6) is -15.3. The number of carbonyl (C=O) groups is 17. The molecule has 5 aromatic rings. The van der Waals surface area contributed by atoms with Gasteiger partial charge in [-0.2, -0.15) is 0 Å². The SMILES string of the molecule is CC(=O)NCCCC[C@@H]1NC(=O)[C@H](CCc2c[nH]c3c(C)cccc23)NC(=O)[C@H]([C@@H](C)O)NC(=O)[C@H](CC(N)=O)NC(=O)[C@@H](NC(C)=O)C(C)(C)SSC(C)(C)[C@@H](C(=O)N[C@@H](Cc2ccc(OCCN)cc2)C(=O)N[C@@H](Cc2ccc3ccccc3c2)C(=O)N[C@@](C)(CCCCN)C(=O)N[C@@H](CCCCNC(C)=O)C(=O)N[C@@H](CC(N)=O)C(=O)NCCC(N)=O)NC1=O. The third kappa shape index (κ3) is 33.7. The quantitative estimate of drug-likeness (QED) is 0.0163. The highest BCUT2D eigenvalue weighted by Crippen LogP contribution is 2.47. The third-order valence-electron chi connectivity index (χ3n) is 21.3. The highest BCUT2D eigenvalue weighted by molar-refractivity contribution is 8.77. The summed E-state index contributed by atoms with van der Waals surface area (Å²) in [6, 6.07) is 7.48. The van der Waals surface area contributed by atoms with Crippen molar-refractivity contribution in [1.82, 2.24) is 79.4 Å². The number of carbonyl (C=O) groups excluding carboxylic acids is 17.